The molecule has 50 heavy (non-hydrogen) atoms. The van der Waals surface area contributed by atoms with Gasteiger partial charge in [0.25, 0.3) is 0 Å². The molecule has 2 bridgehead atoms. The van der Waals surface area contributed by atoms with E-state index in [2.05, 4.69) is 47.7 Å². The fraction of sp³-hybridized carbons (Fsp3) is 0.561. The van der Waals surface area contributed by atoms with Crippen LogP contribution >= 0.6 is 0 Å². The van der Waals surface area contributed by atoms with E-state index in [1.807, 2.05) is 39.8 Å². The number of fused-ring (bicyclic) bond motifs is 2. The molecule has 1 N–H and O–H groups in total. The van der Waals surface area contributed by atoms with Crippen LogP contribution in [0.2, 0.25) is 0 Å². The smallest absolute Gasteiger partial charge is 0.337 e. The molecule has 9 heteroatoms. The number of carbonyl (C=O) groups is 1. The number of likely N-dealkylation sites (tertiary alicyclic amines) is 1. The minimum Gasteiger partial charge on any atom is -0.493 e. The number of aromatic nitrogens is 1. The Labute approximate surface area is 297 Å². The summed E-state index contributed by atoms with van der Waals surface area (Å²) in [7, 11) is 2.21. The number of likely N-dealkylation sites (N-methyl/N-ethyl adjacent to an activating group) is 1. The van der Waals surface area contributed by atoms with Gasteiger partial charge in [-0.05, 0) is 101 Å². The van der Waals surface area contributed by atoms with Crippen molar-refractivity contribution in [3.05, 3.63) is 76.9 Å². The van der Waals surface area contributed by atoms with Gasteiger partial charge in [0, 0.05) is 68.0 Å². The van der Waals surface area contributed by atoms with E-state index in [1.54, 1.807) is 12.1 Å². The average molecular weight is 687 g/mol. The lowest BCUT2D eigenvalue weighted by Crippen LogP contribution is -2.51. The van der Waals surface area contributed by atoms with E-state index >= 15 is 0 Å². The SMILES string of the molecule is Cc1nc(CN2[C@@H]3CC[C@H]2CN(C)C3)c(-c2ccc(OCCc3ccc(F)cc3)cc2)c(N2CCC(C)(C)CC2)c1C(OC(C)(C)C)C(=O)O. The molecule has 0 radical (unpaired) electrons. The summed E-state index contributed by atoms with van der Waals surface area (Å²) in [6.45, 7) is 17.2. The highest BCUT2D eigenvalue weighted by atomic mass is 19.1. The molecule has 0 spiro atoms. The van der Waals surface area contributed by atoms with Gasteiger partial charge in [-0.1, -0.05) is 38.1 Å². The van der Waals surface area contributed by atoms with E-state index in [-0.39, 0.29) is 11.2 Å². The van der Waals surface area contributed by atoms with Crippen LogP contribution in [-0.4, -0.2) is 83.4 Å². The number of hydrogen-bond acceptors (Lipinski definition) is 7. The number of aryl methyl sites for hydroxylation is 1. The Bertz CT molecular complexity index is 1630. The summed E-state index contributed by atoms with van der Waals surface area (Å²) in [6, 6.07) is 15.6. The summed E-state index contributed by atoms with van der Waals surface area (Å²) >= 11 is 0. The molecular weight excluding hydrogens is 631 g/mol. The molecule has 270 valence electrons. The molecule has 0 amide bonds. The third kappa shape index (κ3) is 8.32. The zero-order chi connectivity index (χ0) is 35.8. The summed E-state index contributed by atoms with van der Waals surface area (Å²) in [5.74, 6) is -0.509. The summed E-state index contributed by atoms with van der Waals surface area (Å²) in [4.78, 5) is 25.9. The van der Waals surface area contributed by atoms with Crippen molar-refractivity contribution in [1.29, 1.82) is 0 Å². The topological polar surface area (TPSA) is 78.4 Å². The van der Waals surface area contributed by atoms with E-state index in [0.717, 1.165) is 72.8 Å². The number of nitrogens with zero attached hydrogens (tertiary/aromatic N) is 4. The van der Waals surface area contributed by atoms with Gasteiger partial charge in [-0.3, -0.25) is 9.88 Å². The minimum absolute atomic E-state index is 0.210. The zero-order valence-corrected chi connectivity index (χ0v) is 31.0. The third-order valence-corrected chi connectivity index (χ3v) is 10.7. The Hall–Kier alpha value is -3.53. The van der Waals surface area contributed by atoms with Crippen molar-refractivity contribution < 1.29 is 23.8 Å². The second-order valence-electron chi connectivity index (χ2n) is 16.4. The lowest BCUT2D eigenvalue weighted by molar-refractivity contribution is -0.160. The van der Waals surface area contributed by atoms with Crippen molar-refractivity contribution >= 4 is 11.7 Å². The second kappa shape index (κ2) is 14.6. The monoisotopic (exact) mass is 686 g/mol. The van der Waals surface area contributed by atoms with Crippen LogP contribution in [0.15, 0.2) is 48.5 Å². The average Bonchev–Trinajstić information content (AvgIpc) is 3.28. The van der Waals surface area contributed by atoms with Crippen LogP contribution in [0.1, 0.15) is 88.9 Å². The van der Waals surface area contributed by atoms with Crippen molar-refractivity contribution in [2.45, 2.75) is 104 Å². The van der Waals surface area contributed by atoms with Gasteiger partial charge in [-0.15, -0.1) is 0 Å². The van der Waals surface area contributed by atoms with Crippen LogP contribution in [0.4, 0.5) is 10.1 Å². The number of benzene rings is 2. The van der Waals surface area contributed by atoms with E-state index in [4.69, 9.17) is 14.5 Å². The maximum atomic E-state index is 13.4. The van der Waals surface area contributed by atoms with E-state index in [1.165, 1.54) is 25.0 Å². The van der Waals surface area contributed by atoms with Gasteiger partial charge in [0.1, 0.15) is 11.6 Å². The van der Waals surface area contributed by atoms with Crippen LogP contribution in [0.25, 0.3) is 11.1 Å². The normalized spacial score (nSPS) is 21.7. The predicted molar refractivity (Wildman–Crippen MR) is 196 cm³/mol. The largest absolute Gasteiger partial charge is 0.493 e. The molecular formula is C41H55FN4O4. The Kier molecular flexibility index (Phi) is 10.6. The minimum atomic E-state index is -1.17. The Balaban J connectivity index is 1.44. The van der Waals surface area contributed by atoms with Gasteiger partial charge < -0.3 is 24.4 Å². The van der Waals surface area contributed by atoms with E-state index in [0.29, 0.717) is 42.9 Å². The van der Waals surface area contributed by atoms with Crippen molar-refractivity contribution in [3.8, 4) is 16.9 Å². The first kappa shape index (κ1) is 36.3. The molecule has 1 aromatic heterocycles. The Morgan fingerprint density at radius 3 is 2.22 bits per heavy atom. The number of ether oxygens (including phenoxy) is 2. The van der Waals surface area contributed by atoms with E-state index in [9.17, 15) is 14.3 Å². The van der Waals surface area contributed by atoms with E-state index < -0.39 is 17.7 Å². The molecule has 2 aromatic carbocycles. The lowest BCUT2D eigenvalue weighted by atomic mass is 9.81. The molecule has 1 unspecified atom stereocenters. The van der Waals surface area contributed by atoms with Crippen molar-refractivity contribution in [2.24, 2.45) is 5.41 Å². The predicted octanol–water partition coefficient (Wildman–Crippen LogP) is 7.66. The number of anilines is 1. The fourth-order valence-electron chi connectivity index (χ4n) is 8.03. The van der Waals surface area contributed by atoms with Gasteiger partial charge >= 0.3 is 5.97 Å². The van der Waals surface area contributed by atoms with Crippen LogP contribution in [0.3, 0.4) is 0 Å². The molecule has 8 nitrogen and oxygen atoms in total. The molecule has 6 rings (SSSR count). The number of aliphatic carboxylic acids is 1. The molecule has 4 heterocycles. The maximum Gasteiger partial charge on any atom is 0.337 e. The fourth-order valence-corrected chi connectivity index (χ4v) is 8.03. The highest BCUT2D eigenvalue weighted by Crippen LogP contribution is 2.46. The second-order valence-corrected chi connectivity index (χ2v) is 16.4. The molecule has 3 atom stereocenters. The molecule has 0 saturated carbocycles. The number of hydrogen-bond donors (Lipinski definition) is 1. The lowest BCUT2D eigenvalue weighted by Gasteiger charge is -2.42. The standard InChI is InChI=1S/C41H55FN4O4/c1-27-35(38(39(47)48)50-40(2,3)4)37(45-21-19-41(5,6)20-22-45)36(34(43-27)26-46-31-14-15-32(46)25-44(7)24-31)29-10-16-33(17-11-29)49-23-18-28-8-12-30(42)13-9-28/h8-13,16-17,31-32,38H,14-15,18-26H2,1-7H3,(H,47,48)/t31-,32+,38?. The summed E-state index contributed by atoms with van der Waals surface area (Å²) < 4.78 is 25.9. The van der Waals surface area contributed by atoms with Crippen LogP contribution in [-0.2, 0) is 22.5 Å². The van der Waals surface area contributed by atoms with Crippen LogP contribution in [0.5, 0.6) is 5.75 Å². The first-order chi connectivity index (χ1) is 23.7. The quantitative estimate of drug-likeness (QED) is 0.220. The Morgan fingerprint density at radius 2 is 1.64 bits per heavy atom. The maximum absolute atomic E-state index is 13.4. The molecule has 3 aliphatic rings. The van der Waals surface area contributed by atoms with Crippen molar-refractivity contribution in [3.63, 3.8) is 0 Å². The number of piperazine rings is 1. The molecule has 3 aliphatic heterocycles. The highest BCUT2D eigenvalue weighted by molar-refractivity contribution is 5.88. The molecule has 0 aliphatic carbocycles. The number of rotatable bonds is 11. The summed E-state index contributed by atoms with van der Waals surface area (Å²) in [5, 5.41) is 10.7. The zero-order valence-electron chi connectivity index (χ0n) is 31.0. The first-order valence-corrected chi connectivity index (χ1v) is 18.3. The van der Waals surface area contributed by atoms with Crippen molar-refractivity contribution in [1.82, 2.24) is 14.8 Å². The van der Waals surface area contributed by atoms with Gasteiger partial charge in [0.15, 0.2) is 6.10 Å². The van der Waals surface area contributed by atoms with Gasteiger partial charge in [-0.25, -0.2) is 9.18 Å². The van der Waals surface area contributed by atoms with Crippen LogP contribution < -0.4 is 9.64 Å². The van der Waals surface area contributed by atoms with Gasteiger partial charge in [0.2, 0.25) is 0 Å². The van der Waals surface area contributed by atoms with Crippen LogP contribution in [0, 0.1) is 18.2 Å². The highest BCUT2D eigenvalue weighted by Gasteiger charge is 2.41. The molecule has 3 fully saturated rings. The number of carboxylic acid groups (broad SMARTS) is 1. The molecule has 3 saturated heterocycles. The Morgan fingerprint density at radius 1 is 1.02 bits per heavy atom. The number of carboxylic acids is 1. The summed E-state index contributed by atoms with van der Waals surface area (Å²) in [6.07, 6.45) is 3.87. The summed E-state index contributed by atoms with van der Waals surface area (Å²) in [5.41, 5.74) is 5.80. The van der Waals surface area contributed by atoms with Crippen molar-refractivity contribution in [2.75, 3.05) is 44.7 Å². The number of pyridine rings is 1. The third-order valence-electron chi connectivity index (χ3n) is 10.7. The van der Waals surface area contributed by atoms with Gasteiger partial charge in [-0.2, -0.15) is 0 Å². The number of piperidine rings is 1. The number of halogens is 1. The first-order valence-electron chi connectivity index (χ1n) is 18.3. The van der Waals surface area contributed by atoms with Gasteiger partial charge in [0.05, 0.1) is 23.6 Å². The molecule has 3 aromatic rings.